The number of para-hydroxylation sites is 1. The molecule has 1 aromatic heterocycles. The zero-order chi connectivity index (χ0) is 17.1. The maximum absolute atomic E-state index is 12.7. The Morgan fingerprint density at radius 3 is 2.58 bits per heavy atom. The maximum Gasteiger partial charge on any atom is 0.264 e. The third-order valence-electron chi connectivity index (χ3n) is 5.04. The van der Waals surface area contributed by atoms with Crippen molar-refractivity contribution < 1.29 is 9.53 Å². The van der Waals surface area contributed by atoms with Crippen molar-refractivity contribution in [3.05, 3.63) is 51.7 Å². The van der Waals surface area contributed by atoms with E-state index in [-0.39, 0.29) is 18.3 Å². The van der Waals surface area contributed by atoms with E-state index >= 15 is 0 Å². The molecule has 0 saturated carbocycles. The molecule has 140 valence electrons. The summed E-state index contributed by atoms with van der Waals surface area (Å²) in [5, 5.41) is 0. The summed E-state index contributed by atoms with van der Waals surface area (Å²) >= 11 is 1.71. The second-order valence-corrected chi connectivity index (χ2v) is 7.84. The topological polar surface area (TPSA) is 32.8 Å². The van der Waals surface area contributed by atoms with Gasteiger partial charge in [-0.3, -0.25) is 9.69 Å². The molecule has 4 rings (SSSR count). The molecule has 6 heteroatoms. The van der Waals surface area contributed by atoms with Crippen LogP contribution in [0.4, 0.5) is 0 Å². The summed E-state index contributed by atoms with van der Waals surface area (Å²) in [5.74, 6) is 1.14. The van der Waals surface area contributed by atoms with Crippen molar-refractivity contribution in [2.24, 2.45) is 0 Å². The number of amides is 1. The molecule has 4 nitrogen and oxygen atoms in total. The third-order valence-corrected chi connectivity index (χ3v) is 6.26. The van der Waals surface area contributed by atoms with Gasteiger partial charge >= 0.3 is 0 Å². The van der Waals surface area contributed by atoms with Crippen LogP contribution in [0.25, 0.3) is 0 Å². The number of benzene rings is 1. The minimum atomic E-state index is 0. The van der Waals surface area contributed by atoms with Crippen LogP contribution in [0, 0.1) is 0 Å². The average molecular weight is 393 g/mol. The van der Waals surface area contributed by atoms with E-state index in [1.165, 1.54) is 16.9 Å². The lowest BCUT2D eigenvalue weighted by molar-refractivity contribution is 0.0625. The van der Waals surface area contributed by atoms with Crippen LogP contribution in [0.2, 0.25) is 0 Å². The molecule has 1 aliphatic carbocycles. The molecule has 2 aliphatic rings. The quantitative estimate of drug-likeness (QED) is 0.780. The molecule has 2 heterocycles. The second kappa shape index (κ2) is 8.89. The van der Waals surface area contributed by atoms with Gasteiger partial charge in [-0.25, -0.2) is 0 Å². The molecule has 26 heavy (non-hydrogen) atoms. The lowest BCUT2D eigenvalue weighted by atomic mass is 10.2. The molecule has 1 amide bonds. The van der Waals surface area contributed by atoms with Gasteiger partial charge in [0.2, 0.25) is 0 Å². The molecule has 0 N–H and O–H groups in total. The fourth-order valence-corrected chi connectivity index (χ4v) is 4.80. The lowest BCUT2D eigenvalue weighted by Crippen LogP contribution is -2.49. The van der Waals surface area contributed by atoms with E-state index in [1.807, 2.05) is 35.2 Å². The van der Waals surface area contributed by atoms with Crippen molar-refractivity contribution in [2.45, 2.75) is 19.3 Å². The summed E-state index contributed by atoms with van der Waals surface area (Å²) in [4.78, 5) is 19.5. The molecule has 0 radical (unpaired) electrons. The number of carbonyl (C=O) groups excluding carboxylic acids is 1. The predicted molar refractivity (Wildman–Crippen MR) is 108 cm³/mol. The minimum absolute atomic E-state index is 0. The molecule has 1 aliphatic heterocycles. The highest BCUT2D eigenvalue weighted by Crippen LogP contribution is 2.31. The average Bonchev–Trinajstić information content (AvgIpc) is 3.25. The fourth-order valence-electron chi connectivity index (χ4n) is 3.57. The van der Waals surface area contributed by atoms with Gasteiger partial charge in [-0.05, 0) is 43.0 Å². The summed E-state index contributed by atoms with van der Waals surface area (Å²) in [6.07, 6.45) is 3.55. The summed E-state index contributed by atoms with van der Waals surface area (Å²) in [5.41, 5.74) is 1.41. The highest BCUT2D eigenvalue weighted by atomic mass is 35.5. The Labute approximate surface area is 165 Å². The maximum atomic E-state index is 12.7. The number of rotatable bonds is 5. The van der Waals surface area contributed by atoms with Gasteiger partial charge in [-0.2, -0.15) is 0 Å². The summed E-state index contributed by atoms with van der Waals surface area (Å²) < 4.78 is 5.77. The highest BCUT2D eigenvalue weighted by molar-refractivity contribution is 7.14. The Morgan fingerprint density at radius 1 is 1.08 bits per heavy atom. The molecule has 0 unspecified atom stereocenters. The molecule has 1 saturated heterocycles. The van der Waals surface area contributed by atoms with E-state index in [0.29, 0.717) is 6.61 Å². The number of piperazine rings is 1. The number of thiophene rings is 1. The largest absolute Gasteiger partial charge is 0.492 e. The van der Waals surface area contributed by atoms with E-state index in [2.05, 4.69) is 11.0 Å². The molecule has 2 aromatic rings. The number of fused-ring (bicyclic) bond motifs is 1. The van der Waals surface area contributed by atoms with Crippen LogP contribution in [-0.2, 0) is 12.8 Å². The number of carbonyl (C=O) groups is 1. The standard InChI is InChI=1S/C20H24N2O2S.ClH/c23-20(19-15-16-5-4-8-18(16)25-19)22-11-9-21(10-12-22)13-14-24-17-6-2-1-3-7-17;/h1-3,6-7,15H,4-5,8-14H2;1H. The number of hydrogen-bond acceptors (Lipinski definition) is 4. The normalized spacial score (nSPS) is 16.8. The van der Waals surface area contributed by atoms with Gasteiger partial charge in [0.1, 0.15) is 12.4 Å². The van der Waals surface area contributed by atoms with Crippen LogP contribution in [-0.4, -0.2) is 55.0 Å². The van der Waals surface area contributed by atoms with Crippen molar-refractivity contribution in [2.75, 3.05) is 39.3 Å². The first-order valence-electron chi connectivity index (χ1n) is 9.11. The van der Waals surface area contributed by atoms with Gasteiger partial charge < -0.3 is 9.64 Å². The Morgan fingerprint density at radius 2 is 1.85 bits per heavy atom. The monoisotopic (exact) mass is 392 g/mol. The molecule has 0 spiro atoms. The van der Waals surface area contributed by atoms with Crippen molar-refractivity contribution in [1.82, 2.24) is 9.80 Å². The van der Waals surface area contributed by atoms with E-state index in [0.717, 1.165) is 56.2 Å². The highest BCUT2D eigenvalue weighted by Gasteiger charge is 2.25. The Balaban J connectivity index is 0.00000196. The number of nitrogens with zero attached hydrogens (tertiary/aromatic N) is 2. The summed E-state index contributed by atoms with van der Waals surface area (Å²) in [7, 11) is 0. The first kappa shape index (κ1) is 19.2. The van der Waals surface area contributed by atoms with Crippen molar-refractivity contribution in [3.63, 3.8) is 0 Å². The molecule has 1 aromatic carbocycles. The SMILES string of the molecule is Cl.O=C(c1cc2c(s1)CCC2)N1CCN(CCOc2ccccc2)CC1. The van der Waals surface area contributed by atoms with Crippen molar-refractivity contribution in [3.8, 4) is 5.75 Å². The molecular weight excluding hydrogens is 368 g/mol. The van der Waals surface area contributed by atoms with Gasteiger partial charge in [0, 0.05) is 37.6 Å². The summed E-state index contributed by atoms with van der Waals surface area (Å²) in [6.45, 7) is 5.07. The number of hydrogen-bond donors (Lipinski definition) is 0. The Kier molecular flexibility index (Phi) is 6.57. The first-order chi connectivity index (χ1) is 12.3. The minimum Gasteiger partial charge on any atom is -0.492 e. The van der Waals surface area contributed by atoms with Crippen molar-refractivity contribution in [1.29, 1.82) is 0 Å². The Hall–Kier alpha value is -1.56. The van der Waals surface area contributed by atoms with Gasteiger partial charge in [0.05, 0.1) is 4.88 Å². The van der Waals surface area contributed by atoms with Crippen LogP contribution < -0.4 is 4.74 Å². The molecule has 0 atom stereocenters. The van der Waals surface area contributed by atoms with Crippen LogP contribution >= 0.6 is 23.7 Å². The van der Waals surface area contributed by atoms with E-state index in [9.17, 15) is 4.79 Å². The van der Waals surface area contributed by atoms with Crippen LogP contribution in [0.3, 0.4) is 0 Å². The van der Waals surface area contributed by atoms with E-state index < -0.39 is 0 Å². The van der Waals surface area contributed by atoms with Crippen molar-refractivity contribution >= 4 is 29.7 Å². The predicted octanol–water partition coefficient (Wildman–Crippen LogP) is 3.50. The number of ether oxygens (including phenoxy) is 1. The summed E-state index contributed by atoms with van der Waals surface area (Å²) in [6, 6.07) is 12.1. The first-order valence-corrected chi connectivity index (χ1v) is 9.92. The fraction of sp³-hybridized carbons (Fsp3) is 0.450. The smallest absolute Gasteiger partial charge is 0.264 e. The molecule has 1 fully saturated rings. The van der Waals surface area contributed by atoms with E-state index in [4.69, 9.17) is 4.74 Å². The van der Waals surface area contributed by atoms with Crippen LogP contribution in [0.15, 0.2) is 36.4 Å². The molecular formula is C20H25ClN2O2S. The molecule has 0 bridgehead atoms. The van der Waals surface area contributed by atoms with Gasteiger partial charge in [0.25, 0.3) is 5.91 Å². The lowest BCUT2D eigenvalue weighted by Gasteiger charge is -2.34. The number of halogens is 1. The van der Waals surface area contributed by atoms with Gasteiger partial charge in [0.15, 0.2) is 0 Å². The zero-order valence-corrected chi connectivity index (χ0v) is 16.5. The number of aryl methyl sites for hydroxylation is 2. The third kappa shape index (κ3) is 4.40. The van der Waals surface area contributed by atoms with Gasteiger partial charge in [-0.1, -0.05) is 18.2 Å². The van der Waals surface area contributed by atoms with Gasteiger partial charge in [-0.15, -0.1) is 23.7 Å². The second-order valence-electron chi connectivity index (χ2n) is 6.71. The van der Waals surface area contributed by atoms with Crippen LogP contribution in [0.5, 0.6) is 5.75 Å². The van der Waals surface area contributed by atoms with E-state index in [1.54, 1.807) is 11.3 Å². The zero-order valence-electron chi connectivity index (χ0n) is 14.9. The Bertz CT molecular complexity index is 705. The van der Waals surface area contributed by atoms with Crippen LogP contribution in [0.1, 0.15) is 26.5 Å².